The van der Waals surface area contributed by atoms with Crippen molar-refractivity contribution in [2.75, 3.05) is 13.2 Å². The lowest BCUT2D eigenvalue weighted by Gasteiger charge is -2.05. The molecule has 3 nitrogen and oxygen atoms in total. The van der Waals surface area contributed by atoms with Gasteiger partial charge in [-0.15, -0.1) is 0 Å². The van der Waals surface area contributed by atoms with Crippen LogP contribution in [0.3, 0.4) is 0 Å². The Morgan fingerprint density at radius 3 is 2.04 bits per heavy atom. The predicted molar refractivity (Wildman–Crippen MR) is 99.8 cm³/mol. The minimum absolute atomic E-state index is 0.309. The van der Waals surface area contributed by atoms with Gasteiger partial charge in [-0.05, 0) is 61.9 Å². The minimum Gasteiger partial charge on any atom is -0.494 e. The standard InChI is InChI=1S/C22H24O3/c1-3-5-6-17-25-21-15-11-19(12-16-21)8-7-18-9-13-20(14-10-18)22(23)24-4-2/h9-16H,3-6,17H2,1-2H3. The quantitative estimate of drug-likeness (QED) is 0.413. The molecule has 130 valence electrons. The van der Waals surface area contributed by atoms with E-state index in [-0.39, 0.29) is 5.97 Å². The molecule has 0 fully saturated rings. The molecule has 0 aliphatic rings. The van der Waals surface area contributed by atoms with Crippen LogP contribution in [0.25, 0.3) is 0 Å². The van der Waals surface area contributed by atoms with E-state index in [4.69, 9.17) is 9.47 Å². The number of rotatable bonds is 7. The molecule has 2 aromatic carbocycles. The lowest BCUT2D eigenvalue weighted by molar-refractivity contribution is 0.0526. The van der Waals surface area contributed by atoms with Gasteiger partial charge in [0.05, 0.1) is 18.8 Å². The highest BCUT2D eigenvalue weighted by Crippen LogP contribution is 2.12. The number of carbonyl (C=O) groups excluding carboxylic acids is 1. The summed E-state index contributed by atoms with van der Waals surface area (Å²) in [5.41, 5.74) is 2.32. The van der Waals surface area contributed by atoms with E-state index in [1.807, 2.05) is 36.4 Å². The molecule has 0 aromatic heterocycles. The molecule has 0 spiro atoms. The molecule has 0 aliphatic carbocycles. The number of hydrogen-bond acceptors (Lipinski definition) is 3. The molecule has 0 atom stereocenters. The van der Waals surface area contributed by atoms with Crippen LogP contribution in [0.2, 0.25) is 0 Å². The van der Waals surface area contributed by atoms with Crippen molar-refractivity contribution in [3.8, 4) is 17.6 Å². The molecule has 0 radical (unpaired) electrons. The van der Waals surface area contributed by atoms with Gasteiger partial charge < -0.3 is 9.47 Å². The SMILES string of the molecule is CCCCCOc1ccc(C#Cc2ccc(C(=O)OCC)cc2)cc1. The number of benzene rings is 2. The number of esters is 1. The van der Waals surface area contributed by atoms with Crippen molar-refractivity contribution in [2.45, 2.75) is 33.1 Å². The molecule has 0 unspecified atom stereocenters. The summed E-state index contributed by atoms with van der Waals surface area (Å²) in [4.78, 5) is 11.6. The van der Waals surface area contributed by atoms with E-state index in [2.05, 4.69) is 18.8 Å². The van der Waals surface area contributed by atoms with Gasteiger partial charge in [-0.3, -0.25) is 0 Å². The zero-order valence-electron chi connectivity index (χ0n) is 14.9. The summed E-state index contributed by atoms with van der Waals surface area (Å²) < 4.78 is 10.7. The molecule has 0 aliphatic heterocycles. The first-order valence-electron chi connectivity index (χ1n) is 8.75. The van der Waals surface area contributed by atoms with Crippen LogP contribution in [0, 0.1) is 11.8 Å². The number of unbranched alkanes of at least 4 members (excludes halogenated alkanes) is 2. The van der Waals surface area contributed by atoms with E-state index in [0.717, 1.165) is 29.9 Å². The van der Waals surface area contributed by atoms with Crippen molar-refractivity contribution in [1.29, 1.82) is 0 Å². The fourth-order valence-corrected chi connectivity index (χ4v) is 2.22. The van der Waals surface area contributed by atoms with Crippen molar-refractivity contribution < 1.29 is 14.3 Å². The van der Waals surface area contributed by atoms with Gasteiger partial charge >= 0.3 is 5.97 Å². The Bertz CT molecular complexity index is 719. The molecular formula is C22H24O3. The van der Waals surface area contributed by atoms with E-state index in [0.29, 0.717) is 12.2 Å². The van der Waals surface area contributed by atoms with E-state index in [1.165, 1.54) is 12.8 Å². The van der Waals surface area contributed by atoms with Crippen molar-refractivity contribution in [3.05, 3.63) is 65.2 Å². The molecule has 3 heteroatoms. The van der Waals surface area contributed by atoms with Crippen LogP contribution in [-0.4, -0.2) is 19.2 Å². The molecule has 25 heavy (non-hydrogen) atoms. The van der Waals surface area contributed by atoms with E-state index in [9.17, 15) is 4.79 Å². The Morgan fingerprint density at radius 2 is 1.48 bits per heavy atom. The van der Waals surface area contributed by atoms with Crippen LogP contribution in [0.5, 0.6) is 5.75 Å². The van der Waals surface area contributed by atoms with Gasteiger partial charge in [0.15, 0.2) is 0 Å². The van der Waals surface area contributed by atoms with Crippen LogP contribution in [0.15, 0.2) is 48.5 Å². The summed E-state index contributed by atoms with van der Waals surface area (Å²) in [5, 5.41) is 0. The summed E-state index contributed by atoms with van der Waals surface area (Å²) in [7, 11) is 0. The van der Waals surface area contributed by atoms with Crippen LogP contribution >= 0.6 is 0 Å². The monoisotopic (exact) mass is 336 g/mol. The zero-order valence-corrected chi connectivity index (χ0v) is 14.9. The molecule has 2 rings (SSSR count). The maximum atomic E-state index is 11.6. The van der Waals surface area contributed by atoms with Gasteiger partial charge in [0.2, 0.25) is 0 Å². The molecule has 0 saturated heterocycles. The summed E-state index contributed by atoms with van der Waals surface area (Å²) in [6.07, 6.45) is 3.47. The Morgan fingerprint density at radius 1 is 0.880 bits per heavy atom. The largest absolute Gasteiger partial charge is 0.494 e. The third-order valence-electron chi connectivity index (χ3n) is 3.62. The molecule has 0 amide bonds. The molecule has 2 aromatic rings. The van der Waals surface area contributed by atoms with Crippen molar-refractivity contribution >= 4 is 5.97 Å². The Balaban J connectivity index is 1.93. The smallest absolute Gasteiger partial charge is 0.338 e. The predicted octanol–water partition coefficient (Wildman–Crippen LogP) is 4.83. The fraction of sp³-hybridized carbons (Fsp3) is 0.318. The average molecular weight is 336 g/mol. The molecule has 0 N–H and O–H groups in total. The highest BCUT2D eigenvalue weighted by Gasteiger charge is 2.04. The van der Waals surface area contributed by atoms with Crippen molar-refractivity contribution in [3.63, 3.8) is 0 Å². The minimum atomic E-state index is -0.309. The third kappa shape index (κ3) is 6.35. The Labute approximate surface area is 150 Å². The summed E-state index contributed by atoms with van der Waals surface area (Å²) in [6, 6.07) is 14.9. The zero-order chi connectivity index (χ0) is 17.9. The Kier molecular flexibility index (Phi) is 7.59. The summed E-state index contributed by atoms with van der Waals surface area (Å²) in [5.74, 6) is 6.78. The first-order chi connectivity index (χ1) is 12.2. The number of carbonyl (C=O) groups is 1. The first kappa shape index (κ1) is 18.6. The van der Waals surface area contributed by atoms with Crippen LogP contribution in [0.1, 0.15) is 54.6 Å². The second kappa shape index (κ2) is 10.2. The van der Waals surface area contributed by atoms with Crippen molar-refractivity contribution in [2.24, 2.45) is 0 Å². The van der Waals surface area contributed by atoms with Crippen LogP contribution in [0.4, 0.5) is 0 Å². The maximum absolute atomic E-state index is 11.6. The molecule has 0 saturated carbocycles. The molecule has 0 heterocycles. The second-order valence-electron chi connectivity index (χ2n) is 5.63. The Hall–Kier alpha value is -2.73. The van der Waals surface area contributed by atoms with Gasteiger partial charge in [-0.25, -0.2) is 4.79 Å². The van der Waals surface area contributed by atoms with Gasteiger partial charge in [0.1, 0.15) is 5.75 Å². The summed E-state index contributed by atoms with van der Waals surface area (Å²) >= 11 is 0. The van der Waals surface area contributed by atoms with Gasteiger partial charge in [0, 0.05) is 11.1 Å². The first-order valence-corrected chi connectivity index (χ1v) is 8.75. The lowest BCUT2D eigenvalue weighted by atomic mass is 10.1. The van der Waals surface area contributed by atoms with Crippen LogP contribution < -0.4 is 4.74 Å². The topological polar surface area (TPSA) is 35.5 Å². The third-order valence-corrected chi connectivity index (χ3v) is 3.62. The second-order valence-corrected chi connectivity index (χ2v) is 5.63. The van der Waals surface area contributed by atoms with Crippen LogP contribution in [-0.2, 0) is 4.74 Å². The highest BCUT2D eigenvalue weighted by molar-refractivity contribution is 5.89. The maximum Gasteiger partial charge on any atom is 0.338 e. The normalized spacial score (nSPS) is 9.84. The lowest BCUT2D eigenvalue weighted by Crippen LogP contribution is -2.04. The number of hydrogen-bond donors (Lipinski definition) is 0. The van der Waals surface area contributed by atoms with Gasteiger partial charge in [-0.2, -0.15) is 0 Å². The van der Waals surface area contributed by atoms with Crippen molar-refractivity contribution in [1.82, 2.24) is 0 Å². The van der Waals surface area contributed by atoms with E-state index in [1.54, 1.807) is 19.1 Å². The highest BCUT2D eigenvalue weighted by atomic mass is 16.5. The average Bonchev–Trinajstić information content (AvgIpc) is 2.65. The fourth-order valence-electron chi connectivity index (χ4n) is 2.22. The van der Waals surface area contributed by atoms with Gasteiger partial charge in [-0.1, -0.05) is 31.6 Å². The van der Waals surface area contributed by atoms with E-state index < -0.39 is 0 Å². The van der Waals surface area contributed by atoms with E-state index >= 15 is 0 Å². The molecular weight excluding hydrogens is 312 g/mol. The number of ether oxygens (including phenoxy) is 2. The summed E-state index contributed by atoms with van der Waals surface area (Å²) in [6.45, 7) is 5.10. The van der Waals surface area contributed by atoms with Gasteiger partial charge in [0.25, 0.3) is 0 Å². The molecule has 0 bridgehead atoms.